The predicted octanol–water partition coefficient (Wildman–Crippen LogP) is 2.05. The van der Waals surface area contributed by atoms with Gasteiger partial charge >= 0.3 is 11.9 Å². The minimum atomic E-state index is -0.515. The van der Waals surface area contributed by atoms with Gasteiger partial charge in [-0.2, -0.15) is 0 Å². The van der Waals surface area contributed by atoms with Gasteiger partial charge < -0.3 is 8.92 Å². The van der Waals surface area contributed by atoms with E-state index in [1.54, 1.807) is 20.8 Å². The second kappa shape index (κ2) is 6.19. The van der Waals surface area contributed by atoms with Crippen LogP contribution in [0.4, 0.5) is 0 Å². The Balaban J connectivity index is 3.56. The average Bonchev–Trinajstić information content (AvgIpc) is 2.09. The van der Waals surface area contributed by atoms with Crippen molar-refractivity contribution in [2.45, 2.75) is 20.8 Å². The third-order valence-electron chi connectivity index (χ3n) is 1.17. The van der Waals surface area contributed by atoms with E-state index in [4.69, 9.17) is 4.18 Å². The second-order valence-corrected chi connectivity index (χ2v) is 5.47. The van der Waals surface area contributed by atoms with Gasteiger partial charge in [0, 0.05) is 0 Å². The van der Waals surface area contributed by atoms with Gasteiger partial charge in [0.05, 0.1) is 12.5 Å². The van der Waals surface area contributed by atoms with Crippen LogP contribution in [0.1, 0.15) is 20.8 Å². The monoisotopic (exact) mass is 238 g/mol. The van der Waals surface area contributed by atoms with Gasteiger partial charge in [-0.3, -0.25) is 9.59 Å². The first-order valence-electron chi connectivity index (χ1n) is 3.95. The summed E-state index contributed by atoms with van der Waals surface area (Å²) in [6, 6.07) is 0. The average molecular weight is 238 g/mol. The molecule has 0 saturated carbocycles. The third-order valence-corrected chi connectivity index (χ3v) is 2.69. The molecule has 4 nitrogen and oxygen atoms in total. The molecule has 0 heterocycles. The molecule has 14 heavy (non-hydrogen) atoms. The van der Waals surface area contributed by atoms with E-state index in [1.165, 1.54) is 7.11 Å². The molecule has 0 bridgehead atoms. The normalized spacial score (nSPS) is 10.9. The molecule has 0 amide bonds. The van der Waals surface area contributed by atoms with Gasteiger partial charge in [0.1, 0.15) is 16.8 Å². The molecule has 0 spiro atoms. The molecule has 0 radical (unpaired) electrons. The summed E-state index contributed by atoms with van der Waals surface area (Å²) in [5.41, 5.74) is -0.515. The number of hydrogen-bond donors (Lipinski definition) is 0. The lowest BCUT2D eigenvalue weighted by molar-refractivity contribution is -0.141. The van der Waals surface area contributed by atoms with Crippen molar-refractivity contribution < 1.29 is 18.5 Å². The fourth-order valence-corrected chi connectivity index (χ4v) is 1.70. The molecule has 0 rings (SSSR count). The molecular weight excluding hydrogens is 224 g/mol. The Morgan fingerprint density at radius 3 is 2.29 bits per heavy atom. The molecule has 0 aromatic heterocycles. The molecule has 0 aromatic carbocycles. The highest BCUT2D eigenvalue weighted by Gasteiger charge is 2.23. The van der Waals surface area contributed by atoms with Gasteiger partial charge in [0.15, 0.2) is 0 Å². The summed E-state index contributed by atoms with van der Waals surface area (Å²) in [5.74, 6) is -0.479. The molecular formula is C8H14O4S2. The Kier molecular flexibility index (Phi) is 6.03. The smallest absolute Gasteiger partial charge is 0.324 e. The lowest BCUT2D eigenvalue weighted by atomic mass is 9.98. The molecule has 0 fully saturated rings. The summed E-state index contributed by atoms with van der Waals surface area (Å²) in [4.78, 5) is 21.9. The highest BCUT2D eigenvalue weighted by molar-refractivity contribution is 8.75. The quantitative estimate of drug-likeness (QED) is 0.323. The van der Waals surface area contributed by atoms with Gasteiger partial charge in [0.25, 0.3) is 0 Å². The fourth-order valence-electron chi connectivity index (χ4n) is 0.311. The van der Waals surface area contributed by atoms with E-state index in [1.807, 2.05) is 0 Å². The maximum atomic E-state index is 11.2. The number of hydrogen-bond acceptors (Lipinski definition) is 6. The lowest BCUT2D eigenvalue weighted by Gasteiger charge is -2.14. The van der Waals surface area contributed by atoms with E-state index >= 15 is 0 Å². The number of methoxy groups -OCH3 is 1. The van der Waals surface area contributed by atoms with Crippen LogP contribution in [0.5, 0.6) is 0 Å². The largest absolute Gasteiger partial charge is 0.468 e. The van der Waals surface area contributed by atoms with Gasteiger partial charge in [-0.25, -0.2) is 0 Å². The zero-order valence-corrected chi connectivity index (χ0v) is 10.3. The van der Waals surface area contributed by atoms with Crippen molar-refractivity contribution in [2.75, 3.05) is 12.9 Å². The molecule has 82 valence electrons. The summed E-state index contributed by atoms with van der Waals surface area (Å²) >= 11 is 0.898. The van der Waals surface area contributed by atoms with Gasteiger partial charge in [0.2, 0.25) is 0 Å². The molecule has 0 aromatic rings. The molecule has 0 aliphatic carbocycles. The summed E-state index contributed by atoms with van der Waals surface area (Å²) in [7, 11) is 2.44. The Morgan fingerprint density at radius 1 is 1.29 bits per heavy atom. The van der Waals surface area contributed by atoms with Crippen LogP contribution in [0, 0.1) is 5.41 Å². The Labute approximate surface area is 91.7 Å². The van der Waals surface area contributed by atoms with Gasteiger partial charge in [-0.05, 0) is 31.6 Å². The predicted molar refractivity (Wildman–Crippen MR) is 57.6 cm³/mol. The Bertz CT molecular complexity index is 210. The lowest BCUT2D eigenvalue weighted by Crippen LogP contribution is -2.20. The van der Waals surface area contributed by atoms with Crippen molar-refractivity contribution >= 4 is 33.8 Å². The first-order valence-corrected chi connectivity index (χ1v) is 6.19. The molecule has 6 heteroatoms. The number of rotatable bonds is 4. The Hall–Kier alpha value is -0.360. The van der Waals surface area contributed by atoms with Gasteiger partial charge in [-0.1, -0.05) is 0 Å². The fraction of sp³-hybridized carbons (Fsp3) is 0.750. The SMILES string of the molecule is COC(=O)CSSOC(=O)C(C)(C)C. The van der Waals surface area contributed by atoms with E-state index in [0.29, 0.717) is 0 Å². The number of esters is 1. The van der Waals surface area contributed by atoms with Crippen LogP contribution in [-0.2, 0) is 18.5 Å². The number of ether oxygens (including phenoxy) is 1. The molecule has 0 atom stereocenters. The van der Waals surface area contributed by atoms with E-state index in [2.05, 4.69) is 4.74 Å². The highest BCUT2D eigenvalue weighted by atomic mass is 33.1. The summed E-state index contributed by atoms with van der Waals surface area (Å²) in [6.07, 6.45) is 0. The van der Waals surface area contributed by atoms with E-state index in [9.17, 15) is 9.59 Å². The van der Waals surface area contributed by atoms with Gasteiger partial charge in [-0.15, -0.1) is 0 Å². The molecule has 0 N–H and O–H groups in total. The minimum absolute atomic E-state index is 0.165. The van der Waals surface area contributed by atoms with Crippen LogP contribution in [0.2, 0.25) is 0 Å². The van der Waals surface area contributed by atoms with Crippen LogP contribution in [-0.4, -0.2) is 24.8 Å². The molecule has 0 saturated heterocycles. The van der Waals surface area contributed by atoms with Crippen molar-refractivity contribution in [3.63, 3.8) is 0 Å². The standard InChI is InChI=1S/C8H14O4S2/c1-8(2,3)7(10)12-14-13-5-6(9)11-4/h5H2,1-4H3. The summed E-state index contributed by atoms with van der Waals surface area (Å²) in [6.45, 7) is 5.29. The van der Waals surface area contributed by atoms with E-state index < -0.39 is 5.41 Å². The van der Waals surface area contributed by atoms with Crippen molar-refractivity contribution in [2.24, 2.45) is 5.41 Å². The topological polar surface area (TPSA) is 52.6 Å². The third kappa shape index (κ3) is 6.15. The van der Waals surface area contributed by atoms with Crippen LogP contribution in [0.15, 0.2) is 0 Å². The number of carbonyl (C=O) groups is 2. The maximum Gasteiger partial charge on any atom is 0.324 e. The highest BCUT2D eigenvalue weighted by Crippen LogP contribution is 2.27. The van der Waals surface area contributed by atoms with Crippen molar-refractivity contribution in [3.8, 4) is 0 Å². The van der Waals surface area contributed by atoms with Crippen LogP contribution >= 0.6 is 21.9 Å². The number of carbonyl (C=O) groups excluding carboxylic acids is 2. The van der Waals surface area contributed by atoms with Crippen LogP contribution in [0.3, 0.4) is 0 Å². The summed E-state index contributed by atoms with van der Waals surface area (Å²) in [5, 5.41) is 0. The summed E-state index contributed by atoms with van der Waals surface area (Å²) < 4.78 is 9.25. The van der Waals surface area contributed by atoms with Crippen LogP contribution in [0.25, 0.3) is 0 Å². The minimum Gasteiger partial charge on any atom is -0.468 e. The van der Waals surface area contributed by atoms with E-state index in [0.717, 1.165) is 21.9 Å². The van der Waals surface area contributed by atoms with Crippen LogP contribution < -0.4 is 0 Å². The van der Waals surface area contributed by atoms with Crippen molar-refractivity contribution in [3.05, 3.63) is 0 Å². The molecule has 0 aliphatic heterocycles. The zero-order chi connectivity index (χ0) is 11.2. The second-order valence-electron chi connectivity index (χ2n) is 3.53. The zero-order valence-electron chi connectivity index (χ0n) is 8.66. The Morgan fingerprint density at radius 2 is 1.86 bits per heavy atom. The first kappa shape index (κ1) is 13.6. The maximum absolute atomic E-state index is 11.2. The molecule has 0 unspecified atom stereocenters. The van der Waals surface area contributed by atoms with Crippen molar-refractivity contribution in [1.82, 2.24) is 0 Å². The van der Waals surface area contributed by atoms with Crippen molar-refractivity contribution in [1.29, 1.82) is 0 Å². The first-order chi connectivity index (χ1) is 6.38. The van der Waals surface area contributed by atoms with E-state index in [-0.39, 0.29) is 17.7 Å². The molecule has 0 aliphatic rings.